The topological polar surface area (TPSA) is 87.7 Å². The van der Waals surface area contributed by atoms with Gasteiger partial charge in [0.05, 0.1) is 12.8 Å². The summed E-state index contributed by atoms with van der Waals surface area (Å²) >= 11 is 0. The summed E-state index contributed by atoms with van der Waals surface area (Å²) in [5.74, 6) is -0.677. The molecule has 1 saturated heterocycles. The van der Waals surface area contributed by atoms with Gasteiger partial charge in [0.1, 0.15) is 5.75 Å². The lowest BCUT2D eigenvalue weighted by molar-refractivity contribution is -0.274. The summed E-state index contributed by atoms with van der Waals surface area (Å²) in [6, 6.07) is 5.47. The molecule has 2 rings (SSSR count). The number of halogens is 3. The molecular weight excluding hydrogens is 387 g/mol. The number of sulfonamides is 1. The Balaban J connectivity index is 1.79. The number of alkyl halides is 3. The van der Waals surface area contributed by atoms with Gasteiger partial charge in [0.2, 0.25) is 15.9 Å². The van der Waals surface area contributed by atoms with Crippen LogP contribution in [0.1, 0.15) is 18.4 Å². The van der Waals surface area contributed by atoms with Crippen LogP contribution in [0.25, 0.3) is 0 Å². The highest BCUT2D eigenvalue weighted by Crippen LogP contribution is 2.26. The van der Waals surface area contributed by atoms with Crippen LogP contribution in [0, 0.1) is 0 Å². The van der Waals surface area contributed by atoms with Crippen molar-refractivity contribution in [2.45, 2.75) is 31.8 Å². The molecular formula is C16H22F3N3O4S. The molecule has 1 heterocycles. The van der Waals surface area contributed by atoms with E-state index < -0.39 is 16.4 Å². The van der Waals surface area contributed by atoms with E-state index in [-0.39, 0.29) is 36.4 Å². The average Bonchev–Trinajstić information content (AvgIpc) is 2.53. The summed E-state index contributed by atoms with van der Waals surface area (Å²) in [7, 11) is -3.26. The van der Waals surface area contributed by atoms with Crippen LogP contribution in [0.4, 0.5) is 13.2 Å². The van der Waals surface area contributed by atoms with Gasteiger partial charge in [-0.1, -0.05) is 18.2 Å². The number of likely N-dealkylation sites (tertiary alicyclic amines) is 1. The summed E-state index contributed by atoms with van der Waals surface area (Å²) < 4.78 is 66.2. The van der Waals surface area contributed by atoms with Crippen molar-refractivity contribution < 1.29 is 31.1 Å². The largest absolute Gasteiger partial charge is 0.573 e. The number of amides is 1. The first kappa shape index (κ1) is 21.5. The SMILES string of the molecule is CS(=O)(=O)NC1CCN(CC(=O)NCc2ccccc2OC(F)(F)F)CC1. The van der Waals surface area contributed by atoms with Gasteiger partial charge in [0.25, 0.3) is 0 Å². The lowest BCUT2D eigenvalue weighted by atomic mass is 10.1. The number of nitrogens with one attached hydrogen (secondary N) is 2. The summed E-state index contributed by atoms with van der Waals surface area (Å²) in [5.41, 5.74) is 0.222. The third-order valence-electron chi connectivity index (χ3n) is 4.01. The maximum absolute atomic E-state index is 12.4. The first-order valence-corrected chi connectivity index (χ1v) is 10.2. The molecule has 0 unspecified atom stereocenters. The lowest BCUT2D eigenvalue weighted by Crippen LogP contribution is -2.47. The number of hydrogen-bond acceptors (Lipinski definition) is 5. The molecule has 0 aromatic heterocycles. The van der Waals surface area contributed by atoms with E-state index in [1.54, 1.807) is 6.07 Å². The number of carbonyl (C=O) groups is 1. The first-order valence-electron chi connectivity index (χ1n) is 8.32. The van der Waals surface area contributed by atoms with Gasteiger partial charge in [-0.25, -0.2) is 13.1 Å². The Morgan fingerprint density at radius 2 is 1.89 bits per heavy atom. The summed E-state index contributed by atoms with van der Waals surface area (Å²) in [5, 5.41) is 2.58. The van der Waals surface area contributed by atoms with Crippen LogP contribution >= 0.6 is 0 Å². The zero-order valence-corrected chi connectivity index (χ0v) is 15.6. The maximum atomic E-state index is 12.4. The standard InChI is InChI=1S/C16H22F3N3O4S/c1-27(24,25)21-13-6-8-22(9-7-13)11-15(23)20-10-12-4-2-3-5-14(12)26-16(17,18)19/h2-5,13,21H,6-11H2,1H3,(H,20,23). The average molecular weight is 409 g/mol. The van der Waals surface area contributed by atoms with Crippen molar-refractivity contribution in [1.29, 1.82) is 0 Å². The molecule has 1 aromatic carbocycles. The third kappa shape index (κ3) is 8.14. The van der Waals surface area contributed by atoms with Gasteiger partial charge in [-0.2, -0.15) is 0 Å². The number of hydrogen-bond donors (Lipinski definition) is 2. The predicted molar refractivity (Wildman–Crippen MR) is 92.4 cm³/mol. The Labute approximate surface area is 155 Å². The van der Waals surface area contributed by atoms with Crippen molar-refractivity contribution >= 4 is 15.9 Å². The highest BCUT2D eigenvalue weighted by atomic mass is 32.2. The summed E-state index contributed by atoms with van der Waals surface area (Å²) in [4.78, 5) is 13.9. The van der Waals surface area contributed by atoms with Crippen molar-refractivity contribution in [1.82, 2.24) is 14.9 Å². The van der Waals surface area contributed by atoms with E-state index in [0.717, 1.165) is 6.26 Å². The molecule has 1 amide bonds. The Hall–Kier alpha value is -1.85. The Morgan fingerprint density at radius 1 is 1.26 bits per heavy atom. The van der Waals surface area contributed by atoms with Crippen LogP contribution in [0.3, 0.4) is 0 Å². The highest BCUT2D eigenvalue weighted by Gasteiger charge is 2.32. The van der Waals surface area contributed by atoms with Crippen LogP contribution in [0.15, 0.2) is 24.3 Å². The lowest BCUT2D eigenvalue weighted by Gasteiger charge is -2.31. The van der Waals surface area contributed by atoms with E-state index in [1.165, 1.54) is 18.2 Å². The molecule has 1 aliphatic rings. The second-order valence-corrected chi connectivity index (χ2v) is 8.15. The van der Waals surface area contributed by atoms with Crippen LogP contribution in [0.2, 0.25) is 0 Å². The molecule has 2 N–H and O–H groups in total. The molecule has 0 atom stereocenters. The summed E-state index contributed by atoms with van der Waals surface area (Å²) in [6.07, 6.45) is -2.52. The van der Waals surface area contributed by atoms with E-state index in [2.05, 4.69) is 14.8 Å². The van der Waals surface area contributed by atoms with Gasteiger partial charge in [-0.05, 0) is 18.9 Å². The monoisotopic (exact) mass is 409 g/mol. The number of rotatable bonds is 7. The van der Waals surface area contributed by atoms with Crippen LogP contribution in [-0.2, 0) is 21.4 Å². The number of piperidine rings is 1. The number of carbonyl (C=O) groups excluding carboxylic acids is 1. The van der Waals surface area contributed by atoms with Crippen molar-refractivity contribution in [2.24, 2.45) is 0 Å². The molecule has 1 fully saturated rings. The van der Waals surface area contributed by atoms with Crippen molar-refractivity contribution in [3.8, 4) is 5.75 Å². The van der Waals surface area contributed by atoms with Gasteiger partial charge in [0, 0.05) is 31.2 Å². The molecule has 0 saturated carbocycles. The van der Waals surface area contributed by atoms with Gasteiger partial charge in [-0.3, -0.25) is 9.69 Å². The fourth-order valence-corrected chi connectivity index (χ4v) is 3.68. The third-order valence-corrected chi connectivity index (χ3v) is 4.77. The molecule has 0 aliphatic carbocycles. The van der Waals surface area contributed by atoms with Gasteiger partial charge < -0.3 is 10.1 Å². The molecule has 152 valence electrons. The normalized spacial score (nSPS) is 16.9. The molecule has 11 heteroatoms. The van der Waals surface area contributed by atoms with Crippen molar-refractivity contribution in [2.75, 3.05) is 25.9 Å². The molecule has 7 nitrogen and oxygen atoms in total. The molecule has 27 heavy (non-hydrogen) atoms. The minimum Gasteiger partial charge on any atom is -0.405 e. The van der Waals surface area contributed by atoms with E-state index >= 15 is 0 Å². The van der Waals surface area contributed by atoms with Gasteiger partial charge in [0.15, 0.2) is 0 Å². The predicted octanol–water partition coefficient (Wildman–Crippen LogP) is 1.22. The molecule has 0 spiro atoms. The first-order chi connectivity index (χ1) is 12.5. The minimum absolute atomic E-state index is 0.0861. The van der Waals surface area contributed by atoms with Crippen LogP contribution in [0.5, 0.6) is 5.75 Å². The smallest absolute Gasteiger partial charge is 0.405 e. The molecule has 1 aliphatic heterocycles. The number of benzene rings is 1. The van der Waals surface area contributed by atoms with Crippen LogP contribution < -0.4 is 14.8 Å². The van der Waals surface area contributed by atoms with Crippen molar-refractivity contribution in [3.05, 3.63) is 29.8 Å². The highest BCUT2D eigenvalue weighted by molar-refractivity contribution is 7.88. The second kappa shape index (κ2) is 8.89. The van der Waals surface area contributed by atoms with E-state index in [1.807, 2.05) is 4.90 Å². The Bertz CT molecular complexity index is 748. The molecule has 0 bridgehead atoms. The Kier molecular flexibility index (Phi) is 7.06. The fraction of sp³-hybridized carbons (Fsp3) is 0.562. The molecule has 1 aromatic rings. The maximum Gasteiger partial charge on any atom is 0.573 e. The van der Waals surface area contributed by atoms with Gasteiger partial charge >= 0.3 is 6.36 Å². The Morgan fingerprint density at radius 3 is 2.48 bits per heavy atom. The fourth-order valence-electron chi connectivity index (χ4n) is 2.84. The number of nitrogens with zero attached hydrogens (tertiary/aromatic N) is 1. The summed E-state index contributed by atoms with van der Waals surface area (Å²) in [6.45, 7) is 1.10. The quantitative estimate of drug-likeness (QED) is 0.707. The van der Waals surface area contributed by atoms with Crippen LogP contribution in [-0.4, -0.2) is 57.5 Å². The number of para-hydroxylation sites is 1. The number of ether oxygens (including phenoxy) is 1. The zero-order chi connectivity index (χ0) is 20.1. The zero-order valence-electron chi connectivity index (χ0n) is 14.8. The van der Waals surface area contributed by atoms with E-state index in [9.17, 15) is 26.4 Å². The van der Waals surface area contributed by atoms with Gasteiger partial charge in [-0.15, -0.1) is 13.2 Å². The van der Waals surface area contributed by atoms with E-state index in [0.29, 0.717) is 25.9 Å². The van der Waals surface area contributed by atoms with Crippen molar-refractivity contribution in [3.63, 3.8) is 0 Å². The second-order valence-electron chi connectivity index (χ2n) is 6.37. The van der Waals surface area contributed by atoms with E-state index in [4.69, 9.17) is 0 Å². The minimum atomic E-state index is -4.80. The molecule has 0 radical (unpaired) electrons.